The van der Waals surface area contributed by atoms with E-state index in [1.807, 2.05) is 24.3 Å². The number of anilines is 1. The van der Waals surface area contributed by atoms with Crippen molar-refractivity contribution in [3.63, 3.8) is 0 Å². The number of nitrogen functional groups attached to an aromatic ring is 1. The van der Waals surface area contributed by atoms with Gasteiger partial charge in [-0.15, -0.1) is 11.3 Å². The largest absolute Gasteiger partial charge is 0.375 e. The van der Waals surface area contributed by atoms with Crippen molar-refractivity contribution in [1.29, 1.82) is 0 Å². The molecule has 0 saturated carbocycles. The number of benzene rings is 1. The molecule has 1 aliphatic rings. The van der Waals surface area contributed by atoms with Gasteiger partial charge in [-0.2, -0.15) is 0 Å². The Bertz CT molecular complexity index is 852. The molecule has 7 heteroatoms. The quantitative estimate of drug-likeness (QED) is 0.719. The Labute approximate surface area is 169 Å². The second kappa shape index (κ2) is 8.31. The predicted molar refractivity (Wildman–Crippen MR) is 113 cm³/mol. The third kappa shape index (κ3) is 5.10. The lowest BCUT2D eigenvalue weighted by Gasteiger charge is -2.22. The Morgan fingerprint density at radius 3 is 2.64 bits per heavy atom. The van der Waals surface area contributed by atoms with E-state index in [2.05, 4.69) is 36.4 Å². The van der Waals surface area contributed by atoms with Crippen LogP contribution in [0, 0.1) is 0 Å². The Kier molecular flexibility index (Phi) is 6.03. The van der Waals surface area contributed by atoms with Crippen molar-refractivity contribution in [2.75, 3.05) is 12.3 Å². The van der Waals surface area contributed by atoms with Crippen molar-refractivity contribution in [3.8, 4) is 0 Å². The summed E-state index contributed by atoms with van der Waals surface area (Å²) in [7, 11) is 0. The van der Waals surface area contributed by atoms with Gasteiger partial charge in [0.2, 0.25) is 5.91 Å². The van der Waals surface area contributed by atoms with Crippen LogP contribution >= 0.6 is 11.3 Å². The maximum atomic E-state index is 12.3. The van der Waals surface area contributed by atoms with Crippen LogP contribution in [0.3, 0.4) is 0 Å². The van der Waals surface area contributed by atoms with Crippen molar-refractivity contribution in [2.45, 2.75) is 57.9 Å². The molecule has 28 heavy (non-hydrogen) atoms. The van der Waals surface area contributed by atoms with Crippen molar-refractivity contribution in [1.82, 2.24) is 15.6 Å². The summed E-state index contributed by atoms with van der Waals surface area (Å²) < 4.78 is 0. The van der Waals surface area contributed by atoms with Gasteiger partial charge < -0.3 is 16.4 Å². The summed E-state index contributed by atoms with van der Waals surface area (Å²) in [6, 6.07) is 7.73. The summed E-state index contributed by atoms with van der Waals surface area (Å²) in [6.07, 6.45) is 2.76. The second-order valence-corrected chi connectivity index (χ2v) is 9.38. The fourth-order valence-electron chi connectivity index (χ4n) is 3.33. The summed E-state index contributed by atoms with van der Waals surface area (Å²) in [5.41, 5.74) is 8.67. The first-order valence-electron chi connectivity index (χ1n) is 9.64. The lowest BCUT2D eigenvalue weighted by Crippen LogP contribution is -2.40. The van der Waals surface area contributed by atoms with Crippen LogP contribution in [0.4, 0.5) is 5.13 Å². The van der Waals surface area contributed by atoms with Gasteiger partial charge in [-0.25, -0.2) is 4.98 Å². The molecule has 0 unspecified atom stereocenters. The van der Waals surface area contributed by atoms with Crippen molar-refractivity contribution >= 4 is 28.3 Å². The molecule has 0 bridgehead atoms. The SMILES string of the molecule is CC(C)(C)c1ccc(C(=O)NCCC(=O)N[C@H]2CCc3nc(N)sc3C2)cc1. The number of hydrogen-bond acceptors (Lipinski definition) is 5. The molecule has 6 nitrogen and oxygen atoms in total. The molecule has 0 fully saturated rings. The van der Waals surface area contributed by atoms with Crippen LogP contribution < -0.4 is 16.4 Å². The van der Waals surface area contributed by atoms with Gasteiger partial charge in [-0.05, 0) is 36.0 Å². The van der Waals surface area contributed by atoms with Gasteiger partial charge >= 0.3 is 0 Å². The molecule has 0 aliphatic heterocycles. The first-order valence-corrected chi connectivity index (χ1v) is 10.5. The molecule has 1 atom stereocenters. The van der Waals surface area contributed by atoms with Gasteiger partial charge in [-0.3, -0.25) is 9.59 Å². The zero-order valence-corrected chi connectivity index (χ0v) is 17.5. The molecule has 0 saturated heterocycles. The minimum Gasteiger partial charge on any atom is -0.375 e. The lowest BCUT2D eigenvalue weighted by atomic mass is 9.87. The number of carbonyl (C=O) groups is 2. The average molecular weight is 401 g/mol. The molecular formula is C21H28N4O2S. The van der Waals surface area contributed by atoms with Crippen LogP contribution in [-0.2, 0) is 23.1 Å². The first kappa shape index (κ1) is 20.3. The highest BCUT2D eigenvalue weighted by Gasteiger charge is 2.23. The molecule has 4 N–H and O–H groups in total. The molecule has 150 valence electrons. The Balaban J connectivity index is 1.42. The number of nitrogens with two attached hydrogens (primary N) is 1. The number of nitrogens with zero attached hydrogens (tertiary/aromatic N) is 1. The van der Waals surface area contributed by atoms with Crippen LogP contribution in [-0.4, -0.2) is 29.4 Å². The molecular weight excluding hydrogens is 372 g/mol. The maximum absolute atomic E-state index is 12.3. The Morgan fingerprint density at radius 1 is 1.25 bits per heavy atom. The number of aryl methyl sites for hydroxylation is 1. The third-order valence-electron chi connectivity index (χ3n) is 4.97. The highest BCUT2D eigenvalue weighted by molar-refractivity contribution is 7.15. The predicted octanol–water partition coefficient (Wildman–Crippen LogP) is 2.82. The molecule has 1 aromatic carbocycles. The number of rotatable bonds is 5. The molecule has 1 heterocycles. The zero-order valence-electron chi connectivity index (χ0n) is 16.7. The second-order valence-electron chi connectivity index (χ2n) is 8.26. The summed E-state index contributed by atoms with van der Waals surface area (Å²) >= 11 is 1.50. The third-order valence-corrected chi connectivity index (χ3v) is 5.92. The van der Waals surface area contributed by atoms with Crippen LogP contribution in [0.15, 0.2) is 24.3 Å². The molecule has 0 spiro atoms. The molecule has 2 amide bonds. The van der Waals surface area contributed by atoms with E-state index in [9.17, 15) is 9.59 Å². The lowest BCUT2D eigenvalue weighted by molar-refractivity contribution is -0.121. The van der Waals surface area contributed by atoms with E-state index in [1.165, 1.54) is 21.8 Å². The highest BCUT2D eigenvalue weighted by atomic mass is 32.1. The van der Waals surface area contributed by atoms with Gasteiger partial charge in [0, 0.05) is 35.9 Å². The number of nitrogens with one attached hydrogen (secondary N) is 2. The number of aromatic nitrogens is 1. The number of carbonyl (C=O) groups excluding carboxylic acids is 2. The fraction of sp³-hybridized carbons (Fsp3) is 0.476. The number of hydrogen-bond donors (Lipinski definition) is 3. The van der Waals surface area contributed by atoms with Gasteiger partial charge in [0.25, 0.3) is 5.91 Å². The molecule has 3 rings (SSSR count). The fourth-order valence-corrected chi connectivity index (χ4v) is 4.29. The standard InChI is InChI=1S/C21H28N4O2S/c1-21(2,3)14-6-4-13(5-7-14)19(27)23-11-10-18(26)24-15-8-9-16-17(12-15)28-20(22)25-16/h4-7,15H,8-12H2,1-3H3,(H2,22,25)(H,23,27)(H,24,26)/t15-/m0/s1. The minimum absolute atomic E-state index is 0.0469. The van der Waals surface area contributed by atoms with Crippen molar-refractivity contribution < 1.29 is 9.59 Å². The van der Waals surface area contributed by atoms with E-state index in [-0.39, 0.29) is 29.7 Å². The van der Waals surface area contributed by atoms with E-state index < -0.39 is 0 Å². The van der Waals surface area contributed by atoms with Crippen LogP contribution in [0.2, 0.25) is 0 Å². The highest BCUT2D eigenvalue weighted by Crippen LogP contribution is 2.28. The maximum Gasteiger partial charge on any atom is 0.251 e. The summed E-state index contributed by atoms with van der Waals surface area (Å²) in [4.78, 5) is 29.9. The van der Waals surface area contributed by atoms with Crippen LogP contribution in [0.25, 0.3) is 0 Å². The molecule has 1 aromatic heterocycles. The van der Waals surface area contributed by atoms with Crippen molar-refractivity contribution in [3.05, 3.63) is 46.0 Å². The van der Waals surface area contributed by atoms with Crippen molar-refractivity contribution in [2.24, 2.45) is 0 Å². The Morgan fingerprint density at radius 2 is 1.96 bits per heavy atom. The number of fused-ring (bicyclic) bond motifs is 1. The summed E-state index contributed by atoms with van der Waals surface area (Å²) in [5, 5.41) is 6.47. The van der Waals surface area contributed by atoms with E-state index in [4.69, 9.17) is 5.73 Å². The monoisotopic (exact) mass is 400 g/mol. The van der Waals surface area contributed by atoms with Gasteiger partial charge in [-0.1, -0.05) is 32.9 Å². The van der Waals surface area contributed by atoms with Gasteiger partial charge in [0.15, 0.2) is 5.13 Å². The smallest absolute Gasteiger partial charge is 0.251 e. The Hall–Kier alpha value is -2.41. The van der Waals surface area contributed by atoms with E-state index in [0.717, 1.165) is 25.0 Å². The molecule has 2 aromatic rings. The van der Waals surface area contributed by atoms with Gasteiger partial charge in [0.05, 0.1) is 5.69 Å². The topological polar surface area (TPSA) is 97.1 Å². The average Bonchev–Trinajstić information content (AvgIpc) is 3.00. The van der Waals surface area contributed by atoms with Gasteiger partial charge in [0.1, 0.15) is 0 Å². The number of amides is 2. The van der Waals surface area contributed by atoms with E-state index in [0.29, 0.717) is 17.2 Å². The zero-order chi connectivity index (χ0) is 20.3. The summed E-state index contributed by atoms with van der Waals surface area (Å²) in [6.45, 7) is 6.73. The van der Waals surface area contributed by atoms with Crippen LogP contribution in [0.1, 0.15) is 60.1 Å². The minimum atomic E-state index is -0.157. The molecule has 0 radical (unpaired) electrons. The summed E-state index contributed by atoms with van der Waals surface area (Å²) in [5.74, 6) is -0.204. The first-order chi connectivity index (χ1) is 13.2. The number of thiazole rings is 1. The van der Waals surface area contributed by atoms with E-state index in [1.54, 1.807) is 0 Å². The van der Waals surface area contributed by atoms with Crippen LogP contribution in [0.5, 0.6) is 0 Å². The molecule has 1 aliphatic carbocycles. The normalized spacial score (nSPS) is 16.3. The van der Waals surface area contributed by atoms with E-state index >= 15 is 0 Å².